The van der Waals surface area contributed by atoms with Crippen LogP contribution in [0.1, 0.15) is 42.3 Å². The number of aliphatic hydroxyl groups excluding tert-OH is 8. The van der Waals surface area contributed by atoms with Crippen LogP contribution in [-0.4, -0.2) is 202 Å². The molecule has 0 bridgehead atoms. The number of rotatable bonds is 17. The number of halogens is 1. The lowest BCUT2D eigenvalue weighted by atomic mass is 9.75. The highest BCUT2D eigenvalue weighted by Gasteiger charge is 2.42. The molecule has 4 aliphatic heterocycles. The van der Waals surface area contributed by atoms with Crippen molar-refractivity contribution < 1.29 is 88.5 Å². The second-order valence-corrected chi connectivity index (χ2v) is 15.5. The molecule has 1 aromatic rings. The second kappa shape index (κ2) is 30.4. The molecule has 10 N–H and O–H groups in total. The van der Waals surface area contributed by atoms with Gasteiger partial charge < -0.3 is 84.3 Å². The van der Waals surface area contributed by atoms with Gasteiger partial charge in [0.25, 0.3) is 5.91 Å². The number of aliphatic hydroxyl groups is 8. The van der Waals surface area contributed by atoms with Gasteiger partial charge in [-0.2, -0.15) is 0 Å². The highest BCUT2D eigenvalue weighted by molar-refractivity contribution is 14.1. The number of carbonyl (C=O) groups is 2. The molecule has 1 aromatic carbocycles. The van der Waals surface area contributed by atoms with E-state index in [0.29, 0.717) is 76.1 Å². The summed E-state index contributed by atoms with van der Waals surface area (Å²) in [6, 6.07) is 2.66. The largest absolute Gasteiger partial charge is 0.492 e. The minimum atomic E-state index is -1.11. The zero-order valence-corrected chi connectivity index (χ0v) is 38.3. The minimum absolute atomic E-state index is 0.0312. The number of carbonyl (C=O) groups excluding carboxylic acids is 2. The van der Waals surface area contributed by atoms with Crippen molar-refractivity contribution >= 4 is 47.0 Å². The van der Waals surface area contributed by atoms with E-state index < -0.39 is 56.9 Å². The Hall–Kier alpha value is -1.65. The van der Waals surface area contributed by atoms with Gasteiger partial charge in [0.1, 0.15) is 12.6 Å². The quantitative estimate of drug-likeness (QED) is 0.0343. The number of hydrogen-bond acceptors (Lipinski definition) is 18. The van der Waals surface area contributed by atoms with Crippen LogP contribution >= 0.6 is 22.6 Å². The number of alkyl halides is 1. The van der Waals surface area contributed by atoms with Gasteiger partial charge in [-0.15, -0.1) is 0 Å². The molecule has 3 fully saturated rings. The summed E-state index contributed by atoms with van der Waals surface area (Å²) in [5, 5.41) is 80.3. The highest BCUT2D eigenvalue weighted by atomic mass is 127. The molecule has 19 nitrogen and oxygen atoms in total. The first-order chi connectivity index (χ1) is 28.6. The predicted octanol–water partition coefficient (Wildman–Crippen LogP) is -2.21. The Bertz CT molecular complexity index is 1290. The number of benzene rings is 1. The Balaban J connectivity index is 0.000000908. The van der Waals surface area contributed by atoms with E-state index >= 15 is 0 Å². The predicted molar refractivity (Wildman–Crippen MR) is 229 cm³/mol. The van der Waals surface area contributed by atoms with Gasteiger partial charge in [-0.25, -0.2) is 4.79 Å². The zero-order valence-electron chi connectivity index (χ0n) is 36.2. The number of hydrogen-bond donors (Lipinski definition) is 10. The maximum Gasteiger partial charge on any atom is 0.492 e. The van der Waals surface area contributed by atoms with Crippen molar-refractivity contribution in [3.63, 3.8) is 0 Å². The van der Waals surface area contributed by atoms with Crippen LogP contribution in [0.15, 0.2) is 12.1 Å². The molecule has 4 heterocycles. The summed E-state index contributed by atoms with van der Waals surface area (Å²) in [5.74, 6) is -1.04. The third kappa shape index (κ3) is 17.5. The first-order valence-corrected chi connectivity index (χ1v) is 21.6. The molecular formula is C39H71BINO18. The molecule has 21 heteroatoms. The molecule has 60 heavy (non-hydrogen) atoms. The summed E-state index contributed by atoms with van der Waals surface area (Å²) in [6.07, 6.45) is 0. The summed E-state index contributed by atoms with van der Waals surface area (Å²) < 4.78 is 35.8. The van der Waals surface area contributed by atoms with Crippen molar-refractivity contribution in [3.05, 3.63) is 28.8 Å². The van der Waals surface area contributed by atoms with E-state index in [0.717, 1.165) is 5.56 Å². The second-order valence-electron chi connectivity index (χ2n) is 15.5. The molecule has 0 unspecified atom stereocenters. The first kappa shape index (κ1) is 58.4. The monoisotopic (exact) mass is 979 g/mol. The van der Waals surface area contributed by atoms with Gasteiger partial charge >= 0.3 is 13.1 Å². The molecule has 3 saturated heterocycles. The highest BCUT2D eigenvalue weighted by Crippen LogP contribution is 2.29. The van der Waals surface area contributed by atoms with Crippen molar-refractivity contribution in [3.8, 4) is 0 Å². The molecule has 0 radical (unpaired) electrons. The Morgan fingerprint density at radius 3 is 1.52 bits per heavy atom. The maximum absolute atomic E-state index is 12.9. The fourth-order valence-corrected chi connectivity index (χ4v) is 5.53. The van der Waals surface area contributed by atoms with E-state index in [1.54, 1.807) is 40.2 Å². The lowest BCUT2D eigenvalue weighted by molar-refractivity contribution is -0.184. The first-order valence-electron chi connectivity index (χ1n) is 19.4. The van der Waals surface area contributed by atoms with E-state index in [1.807, 2.05) is 18.8 Å². The number of ether oxygens (including phenoxy) is 6. The Labute approximate surface area is 367 Å². The van der Waals surface area contributed by atoms with Crippen molar-refractivity contribution in [2.24, 2.45) is 27.6 Å². The number of methoxy groups -OCH3 is 2. The van der Waals surface area contributed by atoms with Gasteiger partial charge in [0.05, 0.1) is 127 Å². The zero-order chi connectivity index (χ0) is 46.0. The third-order valence-electron chi connectivity index (χ3n) is 9.92. The van der Waals surface area contributed by atoms with Crippen LogP contribution in [-0.2, 0) is 44.5 Å². The molecule has 0 aliphatic carbocycles. The lowest BCUT2D eigenvalue weighted by Gasteiger charge is -2.40. The molecular weight excluding hydrogens is 908 g/mol. The summed E-state index contributed by atoms with van der Waals surface area (Å²) in [6.45, 7) is 10.8. The van der Waals surface area contributed by atoms with Crippen molar-refractivity contribution in [1.82, 2.24) is 5.32 Å². The van der Waals surface area contributed by atoms with Crippen LogP contribution in [0.2, 0.25) is 0 Å². The Morgan fingerprint density at radius 2 is 1.22 bits per heavy atom. The number of esters is 1. The van der Waals surface area contributed by atoms with Crippen LogP contribution in [0.5, 0.6) is 0 Å². The number of fused-ring (bicyclic) bond motifs is 1. The molecule has 4 aliphatic rings. The fourth-order valence-electron chi connectivity index (χ4n) is 5.53. The summed E-state index contributed by atoms with van der Waals surface area (Å²) >= 11 is 2.15. The Kier molecular flexibility index (Phi) is 29.6. The van der Waals surface area contributed by atoms with E-state index in [9.17, 15) is 14.6 Å². The fraction of sp³-hybridized carbons (Fsp3) is 0.795. The normalized spacial score (nSPS) is 17.8. The minimum Gasteiger partial charge on any atom is -0.463 e. The summed E-state index contributed by atoms with van der Waals surface area (Å²) in [5.41, 5.74) is 0.712. The van der Waals surface area contributed by atoms with Gasteiger partial charge in [-0.05, 0) is 47.4 Å². The number of nitrogens with one attached hydrogen (secondary N) is 1. The van der Waals surface area contributed by atoms with Crippen LogP contribution in [0.4, 0.5) is 0 Å². The van der Waals surface area contributed by atoms with Crippen molar-refractivity contribution in [2.75, 3.05) is 131 Å². The van der Waals surface area contributed by atoms with Crippen molar-refractivity contribution in [1.29, 1.82) is 0 Å². The SMILES string of the molecule is CCO.CI.COCC1(CO)COC1.COCC1(COC(=O)[C@@H](NC(=O)c2ccc3c(c2C)B(O)OC3)C(C)C)COC1.OCC(CO)(CO)CO.OCC1(CO)COC1. The van der Waals surface area contributed by atoms with Gasteiger partial charge in [0.15, 0.2) is 0 Å². The lowest BCUT2D eigenvalue weighted by Crippen LogP contribution is -2.52. The molecule has 1 atom stereocenters. The molecule has 350 valence electrons. The smallest absolute Gasteiger partial charge is 0.463 e. The van der Waals surface area contributed by atoms with Crippen LogP contribution in [0, 0.1) is 34.5 Å². The van der Waals surface area contributed by atoms with Crippen LogP contribution in [0.3, 0.4) is 0 Å². The standard InChI is InChI=1S/C20H28BNO7.C6H12O3.C5H12O4.C5H10O3.C2H6O.CH3I/c1-12(2)17(19(24)28-11-20(8-26-4)9-27-10-20)22-18(23)15-6-5-14-7-29-21(25)16(14)13(15)3;1-8-3-6(2-7)4-9-5-6;6-1-5(2-7,3-8)4-9;6-1-5(2-7)3-8-4-5;1-2-3;1-2/h5-6,12,17,25H,7-11H2,1-4H3,(H,22,23);7H,2-5H2,1H3;6-9H,1-4H2;6-7H,1-4H2;3H,2H2,1H3;1H3/t17-;;;;;/m0...../s1. The van der Waals surface area contributed by atoms with E-state index in [2.05, 4.69) is 27.9 Å². The summed E-state index contributed by atoms with van der Waals surface area (Å²) in [4.78, 5) is 27.5. The van der Waals surface area contributed by atoms with Gasteiger partial charge in [-0.1, -0.05) is 42.5 Å². The van der Waals surface area contributed by atoms with E-state index in [4.69, 9.17) is 73.9 Å². The van der Waals surface area contributed by atoms with Crippen molar-refractivity contribution in [2.45, 2.75) is 40.3 Å². The molecule has 1 amide bonds. The Morgan fingerprint density at radius 1 is 0.783 bits per heavy atom. The molecule has 0 aromatic heterocycles. The summed E-state index contributed by atoms with van der Waals surface area (Å²) in [7, 11) is 2.20. The average Bonchev–Trinajstić information content (AvgIpc) is 3.60. The molecule has 0 spiro atoms. The van der Waals surface area contributed by atoms with Crippen LogP contribution in [0.25, 0.3) is 0 Å². The maximum atomic E-state index is 12.9. The average molecular weight is 980 g/mol. The molecule has 5 rings (SSSR count). The van der Waals surface area contributed by atoms with Crippen LogP contribution < -0.4 is 10.8 Å². The van der Waals surface area contributed by atoms with Gasteiger partial charge in [0, 0.05) is 26.4 Å². The van der Waals surface area contributed by atoms with E-state index in [1.165, 1.54) is 0 Å². The number of amides is 1. The third-order valence-corrected chi connectivity index (χ3v) is 9.92. The topological polar surface area (TPSA) is 293 Å². The van der Waals surface area contributed by atoms with Gasteiger partial charge in [-0.3, -0.25) is 4.79 Å². The van der Waals surface area contributed by atoms with E-state index in [-0.39, 0.29) is 55.2 Å². The molecule has 0 saturated carbocycles. The van der Waals surface area contributed by atoms with Gasteiger partial charge in [0.2, 0.25) is 0 Å².